The first-order valence-electron chi connectivity index (χ1n) is 6.31. The van der Waals surface area contributed by atoms with Crippen molar-refractivity contribution in [2.45, 2.75) is 6.54 Å². The van der Waals surface area contributed by atoms with Gasteiger partial charge in [0, 0.05) is 19.7 Å². The van der Waals surface area contributed by atoms with Gasteiger partial charge in [0.05, 0.1) is 25.7 Å². The number of hydrogen-bond acceptors (Lipinski definition) is 4. The average molecular weight is 275 g/mol. The fourth-order valence-corrected chi connectivity index (χ4v) is 1.70. The van der Waals surface area contributed by atoms with Gasteiger partial charge in [-0.2, -0.15) is 0 Å². The number of carbonyl (C=O) groups is 1. The van der Waals surface area contributed by atoms with Crippen molar-refractivity contribution in [2.75, 3.05) is 20.3 Å². The minimum absolute atomic E-state index is 0.116. The molecule has 0 spiro atoms. The van der Waals surface area contributed by atoms with Crippen molar-refractivity contribution in [2.24, 2.45) is 0 Å². The van der Waals surface area contributed by atoms with E-state index >= 15 is 0 Å². The molecule has 0 aliphatic rings. The van der Waals surface area contributed by atoms with Gasteiger partial charge in [-0.3, -0.25) is 4.79 Å². The summed E-state index contributed by atoms with van der Waals surface area (Å²) in [5.41, 5.74) is 0. The Labute approximate surface area is 117 Å². The zero-order chi connectivity index (χ0) is 14.2. The highest BCUT2D eigenvalue weighted by Crippen LogP contribution is 2.08. The molecule has 0 aromatic carbocycles. The van der Waals surface area contributed by atoms with E-state index in [1.807, 2.05) is 6.07 Å². The maximum absolute atomic E-state index is 12.2. The zero-order valence-corrected chi connectivity index (χ0v) is 11.3. The summed E-state index contributed by atoms with van der Waals surface area (Å²) in [5, 5.41) is 0. The van der Waals surface area contributed by atoms with Gasteiger partial charge in [0.2, 0.25) is 5.91 Å². The summed E-state index contributed by atoms with van der Waals surface area (Å²) in [6.45, 7) is 1.39. The van der Waals surface area contributed by atoms with E-state index in [-0.39, 0.29) is 5.91 Å². The standard InChI is InChI=1S/C15H17NO4/c1-18-11-8-16(12-14-5-3-10-20-14)15(17)7-6-13-4-2-9-19-13/h2-7,9-10H,8,11-12H2,1H3/b7-6+. The lowest BCUT2D eigenvalue weighted by Gasteiger charge is -2.19. The Morgan fingerprint density at radius 1 is 1.30 bits per heavy atom. The molecule has 5 nitrogen and oxygen atoms in total. The van der Waals surface area contributed by atoms with Crippen LogP contribution < -0.4 is 0 Å². The van der Waals surface area contributed by atoms with Crippen LogP contribution in [-0.2, 0) is 16.1 Å². The number of carbonyl (C=O) groups excluding carboxylic acids is 1. The number of nitrogens with zero attached hydrogens (tertiary/aromatic N) is 1. The van der Waals surface area contributed by atoms with Crippen molar-refractivity contribution < 1.29 is 18.4 Å². The molecule has 0 fully saturated rings. The number of furan rings is 2. The van der Waals surface area contributed by atoms with Crippen molar-refractivity contribution in [3.05, 3.63) is 54.4 Å². The van der Waals surface area contributed by atoms with E-state index in [0.29, 0.717) is 25.5 Å². The molecule has 2 heterocycles. The molecule has 2 rings (SSSR count). The molecule has 20 heavy (non-hydrogen) atoms. The fourth-order valence-electron chi connectivity index (χ4n) is 1.70. The second-order valence-corrected chi connectivity index (χ2v) is 4.18. The maximum atomic E-state index is 12.2. The first-order chi connectivity index (χ1) is 9.79. The highest BCUT2D eigenvalue weighted by molar-refractivity contribution is 5.91. The van der Waals surface area contributed by atoms with Gasteiger partial charge >= 0.3 is 0 Å². The largest absolute Gasteiger partial charge is 0.467 e. The van der Waals surface area contributed by atoms with Crippen LogP contribution in [0.5, 0.6) is 0 Å². The van der Waals surface area contributed by atoms with Crippen LogP contribution in [0, 0.1) is 0 Å². The average Bonchev–Trinajstić information content (AvgIpc) is 3.13. The Balaban J connectivity index is 1.99. The Morgan fingerprint density at radius 3 is 2.75 bits per heavy atom. The van der Waals surface area contributed by atoms with Gasteiger partial charge in [-0.05, 0) is 30.3 Å². The molecule has 2 aromatic rings. The summed E-state index contributed by atoms with van der Waals surface area (Å²) in [5.74, 6) is 1.26. The summed E-state index contributed by atoms with van der Waals surface area (Å²) in [7, 11) is 1.61. The molecule has 106 valence electrons. The summed E-state index contributed by atoms with van der Waals surface area (Å²) in [6.07, 6.45) is 6.28. The first-order valence-corrected chi connectivity index (χ1v) is 6.31. The van der Waals surface area contributed by atoms with E-state index in [9.17, 15) is 4.79 Å². The Kier molecular flexibility index (Phi) is 5.20. The van der Waals surface area contributed by atoms with Crippen molar-refractivity contribution in [3.8, 4) is 0 Å². The topological polar surface area (TPSA) is 55.8 Å². The molecule has 0 aliphatic heterocycles. The molecular weight excluding hydrogens is 258 g/mol. The van der Waals surface area contributed by atoms with Crippen LogP contribution >= 0.6 is 0 Å². The third-order valence-electron chi connectivity index (χ3n) is 2.74. The molecule has 2 aromatic heterocycles. The van der Waals surface area contributed by atoms with Crippen LogP contribution in [0.3, 0.4) is 0 Å². The van der Waals surface area contributed by atoms with Crippen molar-refractivity contribution in [1.82, 2.24) is 4.90 Å². The summed E-state index contributed by atoms with van der Waals surface area (Å²) in [6, 6.07) is 7.20. The van der Waals surface area contributed by atoms with E-state index in [1.165, 1.54) is 6.08 Å². The minimum atomic E-state index is -0.116. The first kappa shape index (κ1) is 14.1. The lowest BCUT2D eigenvalue weighted by molar-refractivity contribution is -0.127. The summed E-state index contributed by atoms with van der Waals surface area (Å²) < 4.78 is 15.4. The third kappa shape index (κ3) is 4.13. The van der Waals surface area contributed by atoms with Gasteiger partial charge in [0.15, 0.2) is 0 Å². The third-order valence-corrected chi connectivity index (χ3v) is 2.74. The molecule has 0 bridgehead atoms. The minimum Gasteiger partial charge on any atom is -0.467 e. The molecule has 0 unspecified atom stereocenters. The zero-order valence-electron chi connectivity index (χ0n) is 11.3. The highest BCUT2D eigenvalue weighted by atomic mass is 16.5. The number of amides is 1. The number of hydrogen-bond donors (Lipinski definition) is 0. The van der Waals surface area contributed by atoms with Crippen molar-refractivity contribution in [3.63, 3.8) is 0 Å². The van der Waals surface area contributed by atoms with Crippen LogP contribution in [0.25, 0.3) is 6.08 Å². The quantitative estimate of drug-likeness (QED) is 0.729. The van der Waals surface area contributed by atoms with Crippen LogP contribution in [0.1, 0.15) is 11.5 Å². The molecule has 1 amide bonds. The molecule has 5 heteroatoms. The summed E-state index contributed by atoms with van der Waals surface area (Å²) in [4.78, 5) is 13.8. The van der Waals surface area contributed by atoms with Crippen LogP contribution in [0.2, 0.25) is 0 Å². The van der Waals surface area contributed by atoms with Crippen LogP contribution in [-0.4, -0.2) is 31.1 Å². The van der Waals surface area contributed by atoms with E-state index in [1.54, 1.807) is 48.8 Å². The van der Waals surface area contributed by atoms with E-state index in [2.05, 4.69) is 0 Å². The maximum Gasteiger partial charge on any atom is 0.247 e. The fraction of sp³-hybridized carbons (Fsp3) is 0.267. The van der Waals surface area contributed by atoms with Crippen LogP contribution in [0.15, 0.2) is 51.7 Å². The second kappa shape index (κ2) is 7.35. The van der Waals surface area contributed by atoms with Gasteiger partial charge in [0.1, 0.15) is 11.5 Å². The lowest BCUT2D eigenvalue weighted by atomic mass is 10.3. The Morgan fingerprint density at radius 2 is 2.10 bits per heavy atom. The molecule has 0 radical (unpaired) electrons. The predicted molar refractivity (Wildman–Crippen MR) is 73.7 cm³/mol. The molecule has 0 aliphatic carbocycles. The lowest BCUT2D eigenvalue weighted by Crippen LogP contribution is -2.31. The Hall–Kier alpha value is -2.27. The van der Waals surface area contributed by atoms with E-state index < -0.39 is 0 Å². The van der Waals surface area contributed by atoms with E-state index in [4.69, 9.17) is 13.6 Å². The molecule has 0 atom stereocenters. The van der Waals surface area contributed by atoms with Crippen molar-refractivity contribution >= 4 is 12.0 Å². The Bertz CT molecular complexity index is 528. The summed E-state index contributed by atoms with van der Waals surface area (Å²) >= 11 is 0. The highest BCUT2D eigenvalue weighted by Gasteiger charge is 2.12. The predicted octanol–water partition coefficient (Wildman–Crippen LogP) is 2.56. The van der Waals surface area contributed by atoms with Gasteiger partial charge in [-0.25, -0.2) is 0 Å². The van der Waals surface area contributed by atoms with Gasteiger partial charge < -0.3 is 18.5 Å². The number of rotatable bonds is 7. The second-order valence-electron chi connectivity index (χ2n) is 4.18. The smallest absolute Gasteiger partial charge is 0.247 e. The molecular formula is C15H17NO4. The molecule has 0 N–H and O–H groups in total. The SMILES string of the molecule is COCCN(Cc1ccco1)C(=O)/C=C/c1ccco1. The monoisotopic (exact) mass is 275 g/mol. The number of methoxy groups -OCH3 is 1. The normalized spacial score (nSPS) is 11.1. The van der Waals surface area contributed by atoms with E-state index in [0.717, 1.165) is 5.76 Å². The molecule has 0 saturated heterocycles. The van der Waals surface area contributed by atoms with Crippen LogP contribution in [0.4, 0.5) is 0 Å². The van der Waals surface area contributed by atoms with Gasteiger partial charge in [-0.15, -0.1) is 0 Å². The van der Waals surface area contributed by atoms with Gasteiger partial charge in [0.25, 0.3) is 0 Å². The number of ether oxygens (including phenoxy) is 1. The van der Waals surface area contributed by atoms with Gasteiger partial charge in [-0.1, -0.05) is 0 Å². The van der Waals surface area contributed by atoms with Crippen molar-refractivity contribution in [1.29, 1.82) is 0 Å². The molecule has 0 saturated carbocycles.